The van der Waals surface area contributed by atoms with Gasteiger partial charge in [0.15, 0.2) is 11.5 Å². The number of nitrogens with one attached hydrogen (secondary N) is 2. The number of rotatable bonds is 14. The summed E-state index contributed by atoms with van der Waals surface area (Å²) in [6, 6.07) is 15.1. The molecule has 0 unspecified atom stereocenters. The molecule has 362 valence electrons. The summed E-state index contributed by atoms with van der Waals surface area (Å²) >= 11 is 6.91. The first-order chi connectivity index (χ1) is 33.2. The van der Waals surface area contributed by atoms with Crippen LogP contribution < -0.4 is 19.9 Å². The van der Waals surface area contributed by atoms with Gasteiger partial charge in [0.1, 0.15) is 46.8 Å². The van der Waals surface area contributed by atoms with Gasteiger partial charge in [-0.2, -0.15) is 24.1 Å². The fourth-order valence-corrected chi connectivity index (χ4v) is 10.4. The zero-order valence-electron chi connectivity index (χ0n) is 37.2. The molecule has 24 heteroatoms. The number of methoxy groups -OCH3 is 1. The molecule has 1 fully saturated rings. The Hall–Kier alpha value is -7.27. The number of ether oxygens (including phenoxy) is 1. The van der Waals surface area contributed by atoms with E-state index in [2.05, 4.69) is 30.7 Å². The van der Waals surface area contributed by atoms with Crippen molar-refractivity contribution in [2.24, 2.45) is 13.0 Å². The fourth-order valence-electron chi connectivity index (χ4n) is 9.31. The second kappa shape index (κ2) is 17.0. The van der Waals surface area contributed by atoms with Crippen molar-refractivity contribution in [3.8, 4) is 22.8 Å². The number of aromatic nitrogens is 9. The van der Waals surface area contributed by atoms with E-state index < -0.39 is 87.7 Å². The average Bonchev–Trinajstić information content (AvgIpc) is 3.50. The molecule has 8 aromatic rings. The first-order valence-corrected chi connectivity index (χ1v) is 23.7. The van der Waals surface area contributed by atoms with Gasteiger partial charge in [0.05, 0.1) is 58.6 Å². The number of H-pyrrole nitrogens is 1. The smallest absolute Gasteiger partial charge is 0.293 e. The molecule has 10 rings (SSSR count). The number of aromatic amines is 1. The largest absolute Gasteiger partial charge is 0.497 e. The number of fused-ring (bicyclic) bond motifs is 5. The molecule has 0 aliphatic heterocycles. The molecule has 3 aromatic carbocycles. The molecule has 1 saturated carbocycles. The van der Waals surface area contributed by atoms with Crippen molar-refractivity contribution < 1.29 is 44.3 Å². The van der Waals surface area contributed by atoms with Gasteiger partial charge in [0.25, 0.3) is 17.9 Å². The van der Waals surface area contributed by atoms with Gasteiger partial charge >= 0.3 is 0 Å². The summed E-state index contributed by atoms with van der Waals surface area (Å²) in [6.45, 7) is 0.532. The quantitative estimate of drug-likeness (QED) is 0.102. The van der Waals surface area contributed by atoms with Crippen LogP contribution in [0.3, 0.4) is 0 Å². The average molecular weight is 1010 g/mol. The van der Waals surface area contributed by atoms with Crippen molar-refractivity contribution in [1.29, 1.82) is 0 Å². The molecule has 5 aromatic heterocycles. The number of benzene rings is 3. The summed E-state index contributed by atoms with van der Waals surface area (Å²) in [5.41, 5.74) is -1.07. The van der Waals surface area contributed by atoms with Gasteiger partial charge in [-0.3, -0.25) is 28.6 Å². The number of hydrogen-bond acceptors (Lipinski definition) is 10. The van der Waals surface area contributed by atoms with E-state index in [0.717, 1.165) is 27.3 Å². The second-order valence-electron chi connectivity index (χ2n) is 17.2. The Bertz CT molecular complexity index is 3600. The minimum atomic E-state index is -4.12. The number of halogens is 7. The Balaban J connectivity index is 1.17. The van der Waals surface area contributed by atoms with Crippen LogP contribution >= 0.6 is 11.6 Å². The lowest BCUT2D eigenvalue weighted by Crippen LogP contribution is -2.38. The molecule has 0 spiro atoms. The lowest BCUT2D eigenvalue weighted by molar-refractivity contribution is -0.123. The third-order valence-corrected chi connectivity index (χ3v) is 13.9. The number of carbonyl (C=O) groups excluding carboxylic acids is 1. The van der Waals surface area contributed by atoms with Gasteiger partial charge in [0.2, 0.25) is 15.9 Å². The molecular weight excluding hydrogens is 968 g/mol. The molecule has 3 atom stereocenters. The van der Waals surface area contributed by atoms with E-state index in [1.54, 1.807) is 37.3 Å². The van der Waals surface area contributed by atoms with Crippen LogP contribution in [0.1, 0.15) is 64.4 Å². The maximum absolute atomic E-state index is 15.7. The minimum Gasteiger partial charge on any atom is -0.497 e. The third kappa shape index (κ3) is 8.08. The number of amides is 1. The zero-order valence-corrected chi connectivity index (χ0v) is 38.8. The molecule has 2 N–H and O–H groups in total. The van der Waals surface area contributed by atoms with Gasteiger partial charge in [0, 0.05) is 36.7 Å². The van der Waals surface area contributed by atoms with Gasteiger partial charge in [-0.1, -0.05) is 23.7 Å². The standard InChI is InChI=1S/C46H38ClF6N11O5S/c1-21-13-32(58-57-21)31-11-9-27-42(55-31)56-43(33(16-23-14-24(48)17-25(49)15-23)54-35(65)20-62-40-36(38(59-62)41(50)51)28-18-29(28)46(40,52)53)64(45(27)66)34-12-10-30(47)37-39(34)61(2)60-44(37)63(70(4,67)68)19-22-5-7-26(69-3)8-6-22/h5-15,17,28-29,33,41H,16,18-20H2,1-4H3,(H,54,65)(H,57,58)/t28-,29+,33-/m0/s1. The topological polar surface area (TPSA) is 188 Å². The number of anilines is 1. The molecule has 16 nitrogen and oxygen atoms in total. The molecular formula is C46H38ClF6N11O5S. The Labute approximate surface area is 397 Å². The normalized spacial score (nSPS) is 16.5. The van der Waals surface area contributed by atoms with Crippen LogP contribution in [0.5, 0.6) is 5.75 Å². The second-order valence-corrected chi connectivity index (χ2v) is 19.6. The minimum absolute atomic E-state index is 0.0126. The SMILES string of the molecule is COc1ccc(CN(c2nn(C)c3c(-n4c([C@H](Cc5cc(F)cc(F)c5)NC(=O)Cn5nc(C(F)F)c6c5C(F)(F)[C@@H]5C[C@H]65)nc5nc(-c6cc(C)[nH]n6)ccc5c4=O)ccc(Cl)c23)S(C)(=O)=O)cc1. The van der Waals surface area contributed by atoms with Crippen molar-refractivity contribution in [1.82, 2.24) is 49.6 Å². The van der Waals surface area contributed by atoms with Crippen molar-refractivity contribution in [2.75, 3.05) is 17.7 Å². The fraction of sp³-hybridized carbons (Fsp3) is 0.283. The number of hydrogen-bond donors (Lipinski definition) is 2. The van der Waals surface area contributed by atoms with Crippen molar-refractivity contribution >= 4 is 55.3 Å². The highest BCUT2D eigenvalue weighted by Crippen LogP contribution is 2.68. The number of carbonyl (C=O) groups is 1. The monoisotopic (exact) mass is 1010 g/mol. The summed E-state index contributed by atoms with van der Waals surface area (Å²) in [5, 5.41) is 18.1. The number of aryl methyl sites for hydroxylation is 2. The van der Waals surface area contributed by atoms with Crippen LogP contribution in [0.15, 0.2) is 77.6 Å². The van der Waals surface area contributed by atoms with Crippen LogP contribution in [-0.4, -0.2) is 72.0 Å². The lowest BCUT2D eigenvalue weighted by Gasteiger charge is -2.24. The zero-order chi connectivity index (χ0) is 49.7. The van der Waals surface area contributed by atoms with Gasteiger partial charge in [-0.15, -0.1) is 0 Å². The molecule has 0 bridgehead atoms. The molecule has 5 heterocycles. The lowest BCUT2D eigenvalue weighted by atomic mass is 10.0. The maximum atomic E-state index is 15.7. The molecule has 0 saturated heterocycles. The molecule has 2 aliphatic carbocycles. The summed E-state index contributed by atoms with van der Waals surface area (Å²) < 4.78 is 126. The van der Waals surface area contributed by atoms with Crippen LogP contribution in [0.2, 0.25) is 5.02 Å². The Morgan fingerprint density at radius 1 is 1.00 bits per heavy atom. The third-order valence-electron chi connectivity index (χ3n) is 12.5. The van der Waals surface area contributed by atoms with E-state index in [1.807, 2.05) is 0 Å². The predicted molar refractivity (Wildman–Crippen MR) is 244 cm³/mol. The number of sulfonamides is 1. The molecule has 1 amide bonds. The van der Waals surface area contributed by atoms with E-state index in [9.17, 15) is 30.8 Å². The van der Waals surface area contributed by atoms with Crippen LogP contribution in [0, 0.1) is 24.5 Å². The van der Waals surface area contributed by atoms with Gasteiger partial charge in [-0.05, 0) is 85.0 Å². The highest BCUT2D eigenvalue weighted by Gasteiger charge is 2.67. The highest BCUT2D eigenvalue weighted by molar-refractivity contribution is 7.92. The van der Waals surface area contributed by atoms with E-state index in [0.29, 0.717) is 33.4 Å². The Morgan fingerprint density at radius 2 is 1.73 bits per heavy atom. The number of nitrogens with zero attached hydrogens (tertiary/aromatic N) is 9. The van der Waals surface area contributed by atoms with Gasteiger partial charge in [-0.25, -0.2) is 40.3 Å². The summed E-state index contributed by atoms with van der Waals surface area (Å²) in [6.07, 6.45) is -2.77. The summed E-state index contributed by atoms with van der Waals surface area (Å²) in [7, 11) is -1.16. The number of pyridine rings is 1. The first-order valence-electron chi connectivity index (χ1n) is 21.5. The van der Waals surface area contributed by atoms with Crippen LogP contribution in [0.4, 0.5) is 32.2 Å². The van der Waals surface area contributed by atoms with E-state index in [4.69, 9.17) is 21.3 Å². The summed E-state index contributed by atoms with van der Waals surface area (Å²) in [4.78, 5) is 39.0. The first kappa shape index (κ1) is 46.5. The van der Waals surface area contributed by atoms with Crippen LogP contribution in [-0.2, 0) is 47.3 Å². The van der Waals surface area contributed by atoms with Crippen molar-refractivity contribution in [3.63, 3.8) is 0 Å². The molecule has 70 heavy (non-hydrogen) atoms. The Kier molecular flexibility index (Phi) is 11.3. The predicted octanol–water partition coefficient (Wildman–Crippen LogP) is 7.72. The maximum Gasteiger partial charge on any atom is 0.293 e. The number of alkyl halides is 4. The van der Waals surface area contributed by atoms with Crippen LogP contribution in [0.25, 0.3) is 39.0 Å². The van der Waals surface area contributed by atoms with E-state index in [-0.39, 0.29) is 74.1 Å². The molecule has 2 aliphatic rings. The van der Waals surface area contributed by atoms with Crippen molar-refractivity contribution in [3.05, 3.63) is 139 Å². The van der Waals surface area contributed by atoms with E-state index in [1.165, 1.54) is 43.1 Å². The highest BCUT2D eigenvalue weighted by atomic mass is 35.5. The Morgan fingerprint density at radius 3 is 2.39 bits per heavy atom. The summed E-state index contributed by atoms with van der Waals surface area (Å²) in [5.74, 6) is -8.64. The van der Waals surface area contributed by atoms with E-state index >= 15 is 13.6 Å². The van der Waals surface area contributed by atoms with Gasteiger partial charge < -0.3 is 10.1 Å². The van der Waals surface area contributed by atoms with Crippen molar-refractivity contribution in [2.45, 2.75) is 57.2 Å². The molecule has 0 radical (unpaired) electrons.